The van der Waals surface area contributed by atoms with Gasteiger partial charge in [-0.3, -0.25) is 10.1 Å². The lowest BCUT2D eigenvalue weighted by Crippen LogP contribution is -2.14. The molecule has 3 rings (SSSR count). The number of nitrogens with zero attached hydrogens (tertiary/aromatic N) is 3. The van der Waals surface area contributed by atoms with E-state index in [1.54, 1.807) is 30.3 Å². The highest BCUT2D eigenvalue weighted by molar-refractivity contribution is 7.13. The number of halogens is 2. The standard InChI is InChI=1S/C16H13Cl2N5O2S/c17-11-3-10(4-12(18)5-11)13(24)7-20-14-2-1-9(6-19-14)15(25)22-16-23-21-8-26-16/h1-6,8,13,24H,7H2,(H,19,20)(H,22,23,25). The molecular weight excluding hydrogens is 397 g/mol. The van der Waals surface area contributed by atoms with Crippen molar-refractivity contribution in [3.05, 3.63) is 63.2 Å². The van der Waals surface area contributed by atoms with Gasteiger partial charge in [0.2, 0.25) is 5.13 Å². The summed E-state index contributed by atoms with van der Waals surface area (Å²) in [5.41, 5.74) is 2.51. The molecule has 1 amide bonds. The van der Waals surface area contributed by atoms with Crippen LogP contribution in [0.25, 0.3) is 0 Å². The van der Waals surface area contributed by atoms with E-state index in [1.165, 1.54) is 23.0 Å². The third-order valence-electron chi connectivity index (χ3n) is 3.35. The Kier molecular flexibility index (Phi) is 6.00. The number of amides is 1. The van der Waals surface area contributed by atoms with Crippen LogP contribution in [0, 0.1) is 0 Å². The number of nitrogens with one attached hydrogen (secondary N) is 2. The van der Waals surface area contributed by atoms with Gasteiger partial charge >= 0.3 is 0 Å². The lowest BCUT2D eigenvalue weighted by atomic mass is 10.1. The first-order chi connectivity index (χ1) is 12.5. The lowest BCUT2D eigenvalue weighted by molar-refractivity contribution is 0.102. The fourth-order valence-electron chi connectivity index (χ4n) is 2.12. The second-order valence-electron chi connectivity index (χ2n) is 5.23. The SMILES string of the molecule is O=C(Nc1nncs1)c1ccc(NCC(O)c2cc(Cl)cc(Cl)c2)nc1. The van der Waals surface area contributed by atoms with Crippen LogP contribution in [0.5, 0.6) is 0 Å². The highest BCUT2D eigenvalue weighted by Gasteiger charge is 2.11. The maximum absolute atomic E-state index is 12.0. The van der Waals surface area contributed by atoms with E-state index in [0.29, 0.717) is 32.1 Å². The first-order valence-corrected chi connectivity index (χ1v) is 9.06. The zero-order valence-electron chi connectivity index (χ0n) is 13.2. The number of benzene rings is 1. The van der Waals surface area contributed by atoms with Crippen molar-refractivity contribution in [3.63, 3.8) is 0 Å². The van der Waals surface area contributed by atoms with Crippen LogP contribution in [0.3, 0.4) is 0 Å². The fourth-order valence-corrected chi connectivity index (χ4v) is 3.10. The molecule has 7 nitrogen and oxygen atoms in total. The number of aliphatic hydroxyl groups is 1. The average molecular weight is 410 g/mol. The Morgan fingerprint density at radius 3 is 2.62 bits per heavy atom. The van der Waals surface area contributed by atoms with E-state index in [4.69, 9.17) is 23.2 Å². The molecule has 2 aromatic heterocycles. The number of aliphatic hydroxyl groups excluding tert-OH is 1. The number of carbonyl (C=O) groups is 1. The molecule has 0 spiro atoms. The summed E-state index contributed by atoms with van der Waals surface area (Å²) in [5, 5.41) is 24.6. The molecule has 0 bridgehead atoms. The average Bonchev–Trinajstić information content (AvgIpc) is 3.12. The summed E-state index contributed by atoms with van der Waals surface area (Å²) in [6.07, 6.45) is 0.620. The maximum Gasteiger partial charge on any atom is 0.259 e. The van der Waals surface area contributed by atoms with Gasteiger partial charge in [-0.25, -0.2) is 4.98 Å². The molecule has 0 saturated heterocycles. The Bertz CT molecular complexity index is 870. The lowest BCUT2D eigenvalue weighted by Gasteiger charge is -2.13. The van der Waals surface area contributed by atoms with Crippen LogP contribution in [-0.4, -0.2) is 32.7 Å². The molecule has 1 aromatic carbocycles. The smallest absolute Gasteiger partial charge is 0.259 e. The van der Waals surface area contributed by atoms with Gasteiger partial charge in [-0.1, -0.05) is 34.5 Å². The van der Waals surface area contributed by atoms with Crippen molar-refractivity contribution in [3.8, 4) is 0 Å². The van der Waals surface area contributed by atoms with E-state index in [0.717, 1.165) is 0 Å². The number of rotatable bonds is 6. The van der Waals surface area contributed by atoms with Gasteiger partial charge in [0.1, 0.15) is 11.3 Å². The van der Waals surface area contributed by atoms with Crippen molar-refractivity contribution >= 4 is 51.4 Å². The zero-order chi connectivity index (χ0) is 18.5. The molecule has 0 radical (unpaired) electrons. The van der Waals surface area contributed by atoms with Gasteiger partial charge in [-0.05, 0) is 35.9 Å². The van der Waals surface area contributed by atoms with E-state index in [-0.39, 0.29) is 12.5 Å². The first-order valence-electron chi connectivity index (χ1n) is 7.43. The number of aromatic nitrogens is 3. The van der Waals surface area contributed by atoms with Gasteiger partial charge in [0.15, 0.2) is 0 Å². The maximum atomic E-state index is 12.0. The minimum absolute atomic E-state index is 0.208. The van der Waals surface area contributed by atoms with E-state index in [2.05, 4.69) is 25.8 Å². The summed E-state index contributed by atoms with van der Waals surface area (Å²) in [6.45, 7) is 0.208. The van der Waals surface area contributed by atoms with E-state index in [1.807, 2.05) is 0 Å². The summed E-state index contributed by atoms with van der Waals surface area (Å²) in [5.74, 6) is 0.194. The molecule has 10 heteroatoms. The van der Waals surface area contributed by atoms with Crippen molar-refractivity contribution in [2.75, 3.05) is 17.2 Å². The quantitative estimate of drug-likeness (QED) is 0.574. The second kappa shape index (κ2) is 8.41. The molecule has 0 saturated carbocycles. The molecule has 0 fully saturated rings. The monoisotopic (exact) mass is 409 g/mol. The van der Waals surface area contributed by atoms with Crippen molar-refractivity contribution in [1.29, 1.82) is 0 Å². The molecule has 0 aliphatic carbocycles. The zero-order valence-corrected chi connectivity index (χ0v) is 15.5. The molecule has 2 heterocycles. The molecule has 1 atom stereocenters. The van der Waals surface area contributed by atoms with Crippen LogP contribution >= 0.6 is 34.5 Å². The van der Waals surface area contributed by atoms with Gasteiger partial charge in [-0.15, -0.1) is 10.2 Å². The van der Waals surface area contributed by atoms with Gasteiger partial charge < -0.3 is 10.4 Å². The number of carbonyl (C=O) groups excluding carboxylic acids is 1. The van der Waals surface area contributed by atoms with Gasteiger partial charge in [-0.2, -0.15) is 0 Å². The van der Waals surface area contributed by atoms with Gasteiger partial charge in [0, 0.05) is 22.8 Å². The molecule has 134 valence electrons. The summed E-state index contributed by atoms with van der Waals surface area (Å²) in [7, 11) is 0. The van der Waals surface area contributed by atoms with Gasteiger partial charge in [0.25, 0.3) is 5.91 Å². The third kappa shape index (κ3) is 4.89. The normalized spacial score (nSPS) is 11.8. The Morgan fingerprint density at radius 2 is 2.00 bits per heavy atom. The first kappa shape index (κ1) is 18.5. The van der Waals surface area contributed by atoms with Crippen LogP contribution in [0.4, 0.5) is 10.9 Å². The minimum Gasteiger partial charge on any atom is -0.387 e. The van der Waals surface area contributed by atoms with Crippen molar-refractivity contribution in [2.24, 2.45) is 0 Å². The van der Waals surface area contributed by atoms with Crippen molar-refractivity contribution in [2.45, 2.75) is 6.10 Å². The molecule has 1 unspecified atom stereocenters. The second-order valence-corrected chi connectivity index (χ2v) is 6.94. The van der Waals surface area contributed by atoms with Crippen molar-refractivity contribution < 1.29 is 9.90 Å². The summed E-state index contributed by atoms with van der Waals surface area (Å²) in [4.78, 5) is 16.2. The predicted molar refractivity (Wildman–Crippen MR) is 102 cm³/mol. The molecule has 0 aliphatic rings. The van der Waals surface area contributed by atoms with Crippen LogP contribution in [0.1, 0.15) is 22.0 Å². The number of pyridine rings is 1. The largest absolute Gasteiger partial charge is 0.387 e. The summed E-state index contributed by atoms with van der Waals surface area (Å²) >= 11 is 13.1. The molecule has 0 aliphatic heterocycles. The number of anilines is 2. The topological polar surface area (TPSA) is 100 Å². The highest BCUT2D eigenvalue weighted by Crippen LogP contribution is 2.23. The molecular formula is C16H13Cl2N5O2S. The van der Waals surface area contributed by atoms with Crippen LogP contribution in [0.15, 0.2) is 42.0 Å². The Balaban J connectivity index is 1.58. The Labute approximate surface area is 163 Å². The fraction of sp³-hybridized carbons (Fsp3) is 0.125. The van der Waals surface area contributed by atoms with Gasteiger partial charge in [0.05, 0.1) is 11.7 Å². The van der Waals surface area contributed by atoms with E-state index in [9.17, 15) is 9.90 Å². The van der Waals surface area contributed by atoms with E-state index < -0.39 is 6.10 Å². The molecule has 26 heavy (non-hydrogen) atoms. The molecule has 3 N–H and O–H groups in total. The number of hydrogen-bond donors (Lipinski definition) is 3. The Morgan fingerprint density at radius 1 is 1.23 bits per heavy atom. The third-order valence-corrected chi connectivity index (χ3v) is 4.40. The molecule has 3 aromatic rings. The Hall–Kier alpha value is -2.26. The predicted octanol–water partition coefficient (Wildman–Crippen LogP) is 3.64. The van der Waals surface area contributed by atoms with Crippen LogP contribution < -0.4 is 10.6 Å². The minimum atomic E-state index is -0.812. The van der Waals surface area contributed by atoms with Crippen molar-refractivity contribution in [1.82, 2.24) is 15.2 Å². The summed E-state index contributed by atoms with van der Waals surface area (Å²) < 4.78 is 0. The van der Waals surface area contributed by atoms with Crippen LogP contribution in [0.2, 0.25) is 10.0 Å². The summed E-state index contributed by atoms with van der Waals surface area (Å²) in [6, 6.07) is 8.16. The number of hydrogen-bond acceptors (Lipinski definition) is 7. The van der Waals surface area contributed by atoms with Crippen LogP contribution in [-0.2, 0) is 0 Å². The van der Waals surface area contributed by atoms with E-state index >= 15 is 0 Å². The highest BCUT2D eigenvalue weighted by atomic mass is 35.5.